The fraction of sp³-hybridized carbons (Fsp3) is 0.214. The number of amides is 1. The van der Waals surface area contributed by atoms with E-state index in [0.29, 0.717) is 12.2 Å². The van der Waals surface area contributed by atoms with Crippen LogP contribution in [0.4, 0.5) is 0 Å². The van der Waals surface area contributed by atoms with Crippen molar-refractivity contribution in [3.8, 4) is 11.1 Å². The number of nitrogens with zero attached hydrogens (tertiary/aromatic N) is 3. The predicted molar refractivity (Wildman–Crippen MR) is 131 cm³/mol. The summed E-state index contributed by atoms with van der Waals surface area (Å²) in [6.45, 7) is 3.05. The van der Waals surface area contributed by atoms with E-state index in [4.69, 9.17) is 0 Å². The van der Waals surface area contributed by atoms with Gasteiger partial charge in [-0.25, -0.2) is 0 Å². The Morgan fingerprint density at radius 2 is 1.55 bits per heavy atom. The van der Waals surface area contributed by atoms with Crippen molar-refractivity contribution in [2.75, 3.05) is 6.54 Å². The largest absolute Gasteiger partial charge is 0.347 e. The van der Waals surface area contributed by atoms with Crippen LogP contribution in [0.25, 0.3) is 11.1 Å². The zero-order chi connectivity index (χ0) is 22.6. The van der Waals surface area contributed by atoms with Crippen molar-refractivity contribution in [2.24, 2.45) is 7.05 Å². The van der Waals surface area contributed by atoms with Gasteiger partial charge in [0.1, 0.15) is 0 Å². The van der Waals surface area contributed by atoms with E-state index in [2.05, 4.69) is 63.8 Å². The van der Waals surface area contributed by atoms with Crippen molar-refractivity contribution >= 4 is 5.91 Å². The SMILES string of the molecule is Cn1nc(C(=O)NCc2ccccc2)c2c1CCN(Cc1ccc(-c3ccccc3)cc1)C2. The van der Waals surface area contributed by atoms with Crippen molar-refractivity contribution in [3.05, 3.63) is 113 Å². The van der Waals surface area contributed by atoms with Gasteiger partial charge < -0.3 is 5.32 Å². The number of carbonyl (C=O) groups is 1. The van der Waals surface area contributed by atoms with E-state index in [1.54, 1.807) is 0 Å². The van der Waals surface area contributed by atoms with E-state index in [-0.39, 0.29) is 5.91 Å². The molecule has 2 heterocycles. The Balaban J connectivity index is 1.27. The van der Waals surface area contributed by atoms with Gasteiger partial charge in [-0.3, -0.25) is 14.4 Å². The van der Waals surface area contributed by atoms with Crippen molar-refractivity contribution < 1.29 is 4.79 Å². The predicted octanol–water partition coefficient (Wildman–Crippen LogP) is 4.58. The van der Waals surface area contributed by atoms with Gasteiger partial charge in [-0.1, -0.05) is 84.9 Å². The van der Waals surface area contributed by atoms with E-state index in [1.165, 1.54) is 16.7 Å². The number of rotatable bonds is 6. The van der Waals surface area contributed by atoms with Crippen LogP contribution in [0.15, 0.2) is 84.9 Å². The second-order valence-electron chi connectivity index (χ2n) is 8.59. The number of benzene rings is 3. The topological polar surface area (TPSA) is 50.2 Å². The molecule has 166 valence electrons. The maximum absolute atomic E-state index is 12.9. The van der Waals surface area contributed by atoms with E-state index in [1.807, 2.05) is 48.1 Å². The molecule has 0 bridgehead atoms. The summed E-state index contributed by atoms with van der Waals surface area (Å²) in [4.78, 5) is 15.3. The average molecular weight is 437 g/mol. The van der Waals surface area contributed by atoms with Crippen LogP contribution in [0.3, 0.4) is 0 Å². The summed E-state index contributed by atoms with van der Waals surface area (Å²) in [5.41, 5.74) is 7.57. The van der Waals surface area contributed by atoms with Gasteiger partial charge in [-0.15, -0.1) is 0 Å². The second-order valence-corrected chi connectivity index (χ2v) is 8.59. The molecule has 0 radical (unpaired) electrons. The lowest BCUT2D eigenvalue weighted by atomic mass is 10.0. The molecule has 0 saturated heterocycles. The van der Waals surface area contributed by atoms with Crippen LogP contribution in [-0.2, 0) is 33.1 Å². The number of carbonyl (C=O) groups excluding carboxylic acids is 1. The minimum absolute atomic E-state index is 0.107. The van der Waals surface area contributed by atoms with E-state index in [0.717, 1.165) is 42.9 Å². The number of fused-ring (bicyclic) bond motifs is 1. The monoisotopic (exact) mass is 436 g/mol. The van der Waals surface area contributed by atoms with Crippen LogP contribution in [0.1, 0.15) is 32.9 Å². The standard InChI is InChI=1S/C28H28N4O/c1-31-26-16-17-32(19-22-12-14-24(15-13-22)23-10-6-3-7-11-23)20-25(26)27(30-31)28(33)29-18-21-8-4-2-5-9-21/h2-15H,16-20H2,1H3,(H,29,33). The number of aryl methyl sites for hydroxylation is 1. The van der Waals surface area contributed by atoms with Gasteiger partial charge in [-0.05, 0) is 22.3 Å². The van der Waals surface area contributed by atoms with Gasteiger partial charge in [0.15, 0.2) is 5.69 Å². The summed E-state index contributed by atoms with van der Waals surface area (Å²) >= 11 is 0. The molecule has 0 saturated carbocycles. The molecule has 1 aliphatic rings. The summed E-state index contributed by atoms with van der Waals surface area (Å²) in [6.07, 6.45) is 0.896. The normalized spacial score (nSPS) is 13.5. The summed E-state index contributed by atoms with van der Waals surface area (Å²) in [7, 11) is 1.94. The first-order valence-electron chi connectivity index (χ1n) is 11.4. The van der Waals surface area contributed by atoms with Crippen LogP contribution in [0.2, 0.25) is 0 Å². The third-order valence-electron chi connectivity index (χ3n) is 6.30. The Morgan fingerprint density at radius 1 is 0.879 bits per heavy atom. The molecule has 1 aliphatic heterocycles. The van der Waals surface area contributed by atoms with Crippen molar-refractivity contribution in [2.45, 2.75) is 26.1 Å². The van der Waals surface area contributed by atoms with Crippen molar-refractivity contribution in [1.82, 2.24) is 20.0 Å². The molecule has 5 heteroatoms. The molecular weight excluding hydrogens is 408 g/mol. The number of hydrogen-bond donors (Lipinski definition) is 1. The Morgan fingerprint density at radius 3 is 2.27 bits per heavy atom. The number of nitrogens with one attached hydrogen (secondary N) is 1. The summed E-state index contributed by atoms with van der Waals surface area (Å²) in [5, 5.41) is 7.60. The third kappa shape index (κ3) is 4.73. The highest BCUT2D eigenvalue weighted by Gasteiger charge is 2.27. The highest BCUT2D eigenvalue weighted by molar-refractivity contribution is 5.94. The lowest BCUT2D eigenvalue weighted by Crippen LogP contribution is -2.32. The lowest BCUT2D eigenvalue weighted by Gasteiger charge is -2.27. The quantitative estimate of drug-likeness (QED) is 0.482. The molecule has 1 N–H and O–H groups in total. The van der Waals surface area contributed by atoms with Gasteiger partial charge in [0, 0.05) is 50.9 Å². The Hall–Kier alpha value is -3.70. The molecule has 0 spiro atoms. The average Bonchev–Trinajstić information content (AvgIpc) is 3.20. The molecule has 0 unspecified atom stereocenters. The Kier molecular flexibility index (Phi) is 6.05. The van der Waals surface area contributed by atoms with E-state index in [9.17, 15) is 4.79 Å². The third-order valence-corrected chi connectivity index (χ3v) is 6.30. The zero-order valence-electron chi connectivity index (χ0n) is 18.9. The summed E-state index contributed by atoms with van der Waals surface area (Å²) in [5.74, 6) is -0.107. The van der Waals surface area contributed by atoms with Gasteiger partial charge in [0.25, 0.3) is 5.91 Å². The second kappa shape index (κ2) is 9.43. The van der Waals surface area contributed by atoms with Crippen LogP contribution >= 0.6 is 0 Å². The van der Waals surface area contributed by atoms with Crippen LogP contribution < -0.4 is 5.32 Å². The maximum atomic E-state index is 12.9. The first-order chi connectivity index (χ1) is 16.2. The maximum Gasteiger partial charge on any atom is 0.272 e. The minimum atomic E-state index is -0.107. The molecule has 0 atom stereocenters. The fourth-order valence-corrected chi connectivity index (χ4v) is 4.52. The fourth-order valence-electron chi connectivity index (χ4n) is 4.52. The van der Waals surface area contributed by atoms with Gasteiger partial charge in [0.05, 0.1) is 0 Å². The molecule has 1 amide bonds. The lowest BCUT2D eigenvalue weighted by molar-refractivity contribution is 0.0943. The molecule has 4 aromatic rings. The van der Waals surface area contributed by atoms with Crippen LogP contribution in [0, 0.1) is 0 Å². The molecule has 1 aromatic heterocycles. The molecule has 5 rings (SSSR count). The number of aromatic nitrogens is 2. The molecular formula is C28H28N4O. The van der Waals surface area contributed by atoms with Crippen LogP contribution in [0.5, 0.6) is 0 Å². The molecule has 33 heavy (non-hydrogen) atoms. The number of hydrogen-bond acceptors (Lipinski definition) is 3. The van der Waals surface area contributed by atoms with Gasteiger partial charge in [0.2, 0.25) is 0 Å². The minimum Gasteiger partial charge on any atom is -0.347 e. The van der Waals surface area contributed by atoms with Gasteiger partial charge in [-0.2, -0.15) is 5.10 Å². The molecule has 0 aliphatic carbocycles. The summed E-state index contributed by atoms with van der Waals surface area (Å²) < 4.78 is 1.87. The smallest absolute Gasteiger partial charge is 0.272 e. The molecule has 3 aromatic carbocycles. The van der Waals surface area contributed by atoms with E-state index >= 15 is 0 Å². The summed E-state index contributed by atoms with van der Waals surface area (Å²) in [6, 6.07) is 29.2. The molecule has 5 nitrogen and oxygen atoms in total. The van der Waals surface area contributed by atoms with Gasteiger partial charge >= 0.3 is 0 Å². The Labute approximate surface area is 194 Å². The Bertz CT molecular complexity index is 1230. The van der Waals surface area contributed by atoms with Crippen molar-refractivity contribution in [1.29, 1.82) is 0 Å². The molecule has 0 fully saturated rings. The highest BCUT2D eigenvalue weighted by Crippen LogP contribution is 2.25. The van der Waals surface area contributed by atoms with E-state index < -0.39 is 0 Å². The first-order valence-corrected chi connectivity index (χ1v) is 11.4. The van der Waals surface area contributed by atoms with Crippen LogP contribution in [-0.4, -0.2) is 27.1 Å². The zero-order valence-corrected chi connectivity index (χ0v) is 18.9. The first kappa shape index (κ1) is 21.2. The highest BCUT2D eigenvalue weighted by atomic mass is 16.1. The van der Waals surface area contributed by atoms with Crippen molar-refractivity contribution in [3.63, 3.8) is 0 Å².